The van der Waals surface area contributed by atoms with E-state index in [1.54, 1.807) is 21.5 Å². The highest BCUT2D eigenvalue weighted by Gasteiger charge is 2.41. The molecule has 4 amide bonds. The van der Waals surface area contributed by atoms with Crippen LogP contribution in [0.3, 0.4) is 0 Å². The van der Waals surface area contributed by atoms with E-state index in [0.29, 0.717) is 18.5 Å². The van der Waals surface area contributed by atoms with Gasteiger partial charge in [-0.3, -0.25) is 29.3 Å². The van der Waals surface area contributed by atoms with Crippen LogP contribution in [0.4, 0.5) is 10.5 Å². The number of hydrogen-bond acceptors (Lipinski definition) is 6. The molecule has 0 saturated carbocycles. The summed E-state index contributed by atoms with van der Waals surface area (Å²) >= 11 is 0. The minimum Gasteiger partial charge on any atom is -0.453 e. The summed E-state index contributed by atoms with van der Waals surface area (Å²) in [5, 5.41) is 7.81. The molecule has 2 aliphatic heterocycles. The van der Waals surface area contributed by atoms with Gasteiger partial charge in [-0.15, -0.1) is 0 Å². The molecule has 1 N–H and O–H groups in total. The Hall–Kier alpha value is -3.43. The lowest BCUT2D eigenvalue weighted by molar-refractivity contribution is -0.134. The molecule has 10 heteroatoms. The van der Waals surface area contributed by atoms with E-state index in [9.17, 15) is 19.2 Å². The second kappa shape index (κ2) is 8.98. The fourth-order valence-electron chi connectivity index (χ4n) is 5.43. The van der Waals surface area contributed by atoms with Gasteiger partial charge in [-0.25, -0.2) is 4.79 Å². The number of nitrogens with one attached hydrogen (secondary N) is 1. The number of rotatable bonds is 3. The Balaban J connectivity index is 1.62. The number of nitrogens with zero attached hydrogens (tertiary/aromatic N) is 4. The number of benzene rings is 1. The molecule has 2 fully saturated rings. The first kappa shape index (κ1) is 24.7. The number of fused-ring (bicyclic) bond motifs is 1. The van der Waals surface area contributed by atoms with E-state index in [-0.39, 0.29) is 42.6 Å². The fraction of sp³-hybridized carbons (Fsp3) is 0.560. The number of imide groups is 1. The van der Waals surface area contributed by atoms with Gasteiger partial charge in [-0.2, -0.15) is 5.10 Å². The smallest absolute Gasteiger partial charge is 0.410 e. The standard InChI is InChI=1S/C25H33N5O5/c1-14-11-16(30(24(34)35-6)25(2,3)4)13-21(32)29(14)15-7-8-17-19(12-15)28(5)27-22(17)18-9-10-20(31)26-23(18)33/h7-8,12,14,16,18H,9-11,13H2,1-6H3,(H,26,31,33)/t14-,16+,18?/m1/s1. The minimum atomic E-state index is -0.486. The Bertz CT molecular complexity index is 1200. The predicted molar refractivity (Wildman–Crippen MR) is 130 cm³/mol. The quantitative estimate of drug-likeness (QED) is 0.672. The first-order valence-electron chi connectivity index (χ1n) is 11.9. The molecule has 3 heterocycles. The highest BCUT2D eigenvalue weighted by Crippen LogP contribution is 2.35. The molecular formula is C25H33N5O5. The monoisotopic (exact) mass is 483 g/mol. The average Bonchev–Trinajstić information content (AvgIpc) is 3.08. The fourth-order valence-corrected chi connectivity index (χ4v) is 5.43. The van der Waals surface area contributed by atoms with Gasteiger partial charge in [0, 0.05) is 48.6 Å². The van der Waals surface area contributed by atoms with Gasteiger partial charge in [0.15, 0.2) is 0 Å². The van der Waals surface area contributed by atoms with E-state index in [4.69, 9.17) is 4.74 Å². The Kier molecular flexibility index (Phi) is 6.33. The number of anilines is 1. The van der Waals surface area contributed by atoms with Gasteiger partial charge in [-0.1, -0.05) is 0 Å². The molecular weight excluding hydrogens is 450 g/mol. The molecule has 0 bridgehead atoms. The number of hydrogen-bond donors (Lipinski definition) is 1. The van der Waals surface area contributed by atoms with Gasteiger partial charge in [-0.05, 0) is 58.7 Å². The maximum absolute atomic E-state index is 13.3. The van der Waals surface area contributed by atoms with Crippen molar-refractivity contribution in [3.8, 4) is 0 Å². The zero-order valence-corrected chi connectivity index (χ0v) is 21.1. The summed E-state index contributed by atoms with van der Waals surface area (Å²) in [6.45, 7) is 7.77. The summed E-state index contributed by atoms with van der Waals surface area (Å²) in [7, 11) is 3.16. The van der Waals surface area contributed by atoms with Crippen LogP contribution in [0.5, 0.6) is 0 Å². The molecule has 1 aromatic heterocycles. The maximum Gasteiger partial charge on any atom is 0.410 e. The van der Waals surface area contributed by atoms with Crippen molar-refractivity contribution < 1.29 is 23.9 Å². The van der Waals surface area contributed by atoms with Crippen molar-refractivity contribution in [2.24, 2.45) is 7.05 Å². The van der Waals surface area contributed by atoms with E-state index in [2.05, 4.69) is 10.4 Å². The number of ether oxygens (including phenoxy) is 1. The zero-order valence-electron chi connectivity index (χ0n) is 21.1. The van der Waals surface area contributed by atoms with E-state index >= 15 is 0 Å². The third-order valence-corrected chi connectivity index (χ3v) is 6.90. The van der Waals surface area contributed by atoms with Crippen molar-refractivity contribution in [1.29, 1.82) is 0 Å². The third kappa shape index (κ3) is 4.49. The number of carbonyl (C=O) groups is 4. The number of aryl methyl sites for hydroxylation is 1. The average molecular weight is 484 g/mol. The minimum absolute atomic E-state index is 0.0705. The van der Waals surface area contributed by atoms with Crippen molar-refractivity contribution in [3.05, 3.63) is 23.9 Å². The molecule has 1 unspecified atom stereocenters. The third-order valence-electron chi connectivity index (χ3n) is 6.90. The number of aromatic nitrogens is 2. The Morgan fingerprint density at radius 2 is 1.94 bits per heavy atom. The molecule has 0 aliphatic carbocycles. The highest BCUT2D eigenvalue weighted by atomic mass is 16.5. The van der Waals surface area contributed by atoms with Crippen molar-refractivity contribution >= 4 is 40.4 Å². The topological polar surface area (TPSA) is 114 Å². The number of carbonyl (C=O) groups excluding carboxylic acids is 4. The normalized spacial score (nSPS) is 23.4. The molecule has 4 rings (SSSR count). The molecule has 0 spiro atoms. The number of piperidine rings is 2. The number of amides is 4. The summed E-state index contributed by atoms with van der Waals surface area (Å²) in [6.07, 6.45) is 1.08. The van der Waals surface area contributed by atoms with Crippen LogP contribution in [0.2, 0.25) is 0 Å². The predicted octanol–water partition coefficient (Wildman–Crippen LogP) is 2.84. The largest absolute Gasteiger partial charge is 0.453 e. The van der Waals surface area contributed by atoms with Crippen LogP contribution in [0.1, 0.15) is 65.0 Å². The Morgan fingerprint density at radius 3 is 2.54 bits per heavy atom. The van der Waals surface area contributed by atoms with E-state index in [1.807, 2.05) is 45.9 Å². The molecule has 2 aliphatic rings. The second-order valence-corrected chi connectivity index (χ2v) is 10.4. The molecule has 35 heavy (non-hydrogen) atoms. The van der Waals surface area contributed by atoms with Crippen molar-refractivity contribution in [3.63, 3.8) is 0 Å². The van der Waals surface area contributed by atoms with E-state index in [0.717, 1.165) is 16.6 Å². The summed E-state index contributed by atoms with van der Waals surface area (Å²) < 4.78 is 6.71. The van der Waals surface area contributed by atoms with Crippen LogP contribution in [-0.2, 0) is 26.2 Å². The maximum atomic E-state index is 13.3. The van der Waals surface area contributed by atoms with Crippen LogP contribution in [0.25, 0.3) is 10.9 Å². The van der Waals surface area contributed by atoms with Crippen molar-refractivity contribution in [2.45, 2.75) is 76.9 Å². The van der Waals surface area contributed by atoms with Crippen molar-refractivity contribution in [1.82, 2.24) is 20.0 Å². The molecule has 2 aromatic rings. The lowest BCUT2D eigenvalue weighted by Crippen LogP contribution is -2.58. The van der Waals surface area contributed by atoms with Crippen molar-refractivity contribution in [2.75, 3.05) is 12.0 Å². The van der Waals surface area contributed by atoms with Gasteiger partial charge in [0.1, 0.15) is 0 Å². The van der Waals surface area contributed by atoms with E-state index in [1.165, 1.54) is 7.11 Å². The molecule has 3 atom stereocenters. The van der Waals surface area contributed by atoms with Crippen LogP contribution in [0, 0.1) is 0 Å². The molecule has 2 saturated heterocycles. The first-order valence-corrected chi connectivity index (χ1v) is 11.9. The van der Waals surface area contributed by atoms with Crippen LogP contribution < -0.4 is 10.2 Å². The van der Waals surface area contributed by atoms with Gasteiger partial charge in [0.2, 0.25) is 17.7 Å². The SMILES string of the molecule is COC(=O)N([C@@H]1CC(=O)N(c2ccc3c(C4CCC(=O)NC4=O)nn(C)c3c2)[C@H](C)C1)C(C)(C)C. The van der Waals surface area contributed by atoms with Crippen LogP contribution in [0.15, 0.2) is 18.2 Å². The molecule has 0 radical (unpaired) electrons. The highest BCUT2D eigenvalue weighted by molar-refractivity contribution is 6.03. The lowest BCUT2D eigenvalue weighted by atomic mass is 9.91. The number of methoxy groups -OCH3 is 1. The van der Waals surface area contributed by atoms with Gasteiger partial charge < -0.3 is 9.64 Å². The van der Waals surface area contributed by atoms with E-state index < -0.39 is 17.6 Å². The lowest BCUT2D eigenvalue weighted by Gasteiger charge is -2.46. The van der Waals surface area contributed by atoms with Gasteiger partial charge >= 0.3 is 6.09 Å². The molecule has 188 valence electrons. The summed E-state index contributed by atoms with van der Waals surface area (Å²) in [6, 6.07) is 5.26. The van der Waals surface area contributed by atoms with Gasteiger partial charge in [0.05, 0.1) is 24.2 Å². The zero-order chi connectivity index (χ0) is 25.7. The Labute approximate surface area is 204 Å². The summed E-state index contributed by atoms with van der Waals surface area (Å²) in [5.41, 5.74) is 1.69. The van der Waals surface area contributed by atoms with Crippen LogP contribution in [-0.4, -0.2) is 63.2 Å². The van der Waals surface area contributed by atoms with Gasteiger partial charge in [0.25, 0.3) is 0 Å². The first-order chi connectivity index (χ1) is 16.4. The second-order valence-electron chi connectivity index (χ2n) is 10.4. The molecule has 10 nitrogen and oxygen atoms in total. The summed E-state index contributed by atoms with van der Waals surface area (Å²) in [5.74, 6) is -1.15. The van der Waals surface area contributed by atoms with Crippen LogP contribution >= 0.6 is 0 Å². The Morgan fingerprint density at radius 1 is 1.23 bits per heavy atom. The molecule has 1 aromatic carbocycles. The summed E-state index contributed by atoms with van der Waals surface area (Å²) in [4.78, 5) is 53.2.